The lowest BCUT2D eigenvalue weighted by molar-refractivity contribution is 0.0955. The van der Waals surface area contributed by atoms with E-state index in [0.29, 0.717) is 10.6 Å². The molecule has 0 radical (unpaired) electrons. The van der Waals surface area contributed by atoms with Gasteiger partial charge in [-0.1, -0.05) is 35.3 Å². The Bertz CT molecular complexity index is 674. The lowest BCUT2D eigenvalue weighted by Crippen LogP contribution is -2.18. The Morgan fingerprint density at radius 3 is 2.70 bits per heavy atom. The average molecular weight is 311 g/mol. The smallest absolute Gasteiger partial charge is 0.267 e. The summed E-state index contributed by atoms with van der Waals surface area (Å²) in [6.07, 6.45) is 1.34. The van der Waals surface area contributed by atoms with E-state index in [0.717, 1.165) is 0 Å². The molecule has 1 amide bonds. The highest BCUT2D eigenvalue weighted by atomic mass is 35.5. The molecule has 2 rings (SSSR count). The van der Waals surface area contributed by atoms with E-state index in [1.807, 2.05) is 0 Å². The molecule has 0 fully saturated rings. The zero-order valence-electron chi connectivity index (χ0n) is 10.1. The van der Waals surface area contributed by atoms with Gasteiger partial charge in [-0.05, 0) is 35.9 Å². The highest BCUT2D eigenvalue weighted by Crippen LogP contribution is 2.20. The molecule has 0 spiro atoms. The second-order valence-corrected chi connectivity index (χ2v) is 4.72. The van der Waals surface area contributed by atoms with E-state index in [1.165, 1.54) is 30.5 Å². The van der Waals surface area contributed by atoms with Crippen LogP contribution in [0.4, 0.5) is 4.39 Å². The number of hydrazone groups is 1. The summed E-state index contributed by atoms with van der Waals surface area (Å²) in [6.45, 7) is 0. The third kappa shape index (κ3) is 3.79. The van der Waals surface area contributed by atoms with Gasteiger partial charge in [-0.2, -0.15) is 5.10 Å². The van der Waals surface area contributed by atoms with Crippen molar-refractivity contribution in [2.45, 2.75) is 0 Å². The van der Waals surface area contributed by atoms with E-state index in [-0.39, 0.29) is 16.4 Å². The van der Waals surface area contributed by atoms with E-state index in [9.17, 15) is 9.18 Å². The number of carbonyl (C=O) groups is 1. The molecule has 0 unspecified atom stereocenters. The molecule has 102 valence electrons. The van der Waals surface area contributed by atoms with Crippen LogP contribution in [0.1, 0.15) is 15.9 Å². The fourth-order valence-electron chi connectivity index (χ4n) is 1.49. The minimum absolute atomic E-state index is 0.232. The number of halogens is 3. The van der Waals surface area contributed by atoms with Crippen LogP contribution >= 0.6 is 23.2 Å². The number of carbonyl (C=O) groups excluding carboxylic acids is 1. The third-order valence-corrected chi connectivity index (χ3v) is 2.95. The molecule has 0 saturated carbocycles. The maximum absolute atomic E-state index is 12.9. The van der Waals surface area contributed by atoms with Gasteiger partial charge in [-0.25, -0.2) is 9.82 Å². The first-order valence-corrected chi connectivity index (χ1v) is 6.36. The third-order valence-electron chi connectivity index (χ3n) is 2.40. The lowest BCUT2D eigenvalue weighted by Gasteiger charge is -2.02. The summed E-state index contributed by atoms with van der Waals surface area (Å²) in [5, 5.41) is 4.41. The first-order chi connectivity index (χ1) is 9.56. The number of amides is 1. The molecule has 0 saturated heterocycles. The van der Waals surface area contributed by atoms with Crippen molar-refractivity contribution in [2.75, 3.05) is 0 Å². The predicted molar refractivity (Wildman–Crippen MR) is 77.9 cm³/mol. The predicted octanol–water partition coefficient (Wildman–Crippen LogP) is 3.90. The summed E-state index contributed by atoms with van der Waals surface area (Å²) in [7, 11) is 0. The van der Waals surface area contributed by atoms with Gasteiger partial charge in [0.25, 0.3) is 5.91 Å². The van der Waals surface area contributed by atoms with Crippen LogP contribution in [0, 0.1) is 5.82 Å². The standard InChI is InChI=1S/C14H9Cl2FN2O/c15-10-4-5-12(13(16)7-10)14(20)19-18-8-9-2-1-3-11(17)6-9/h1-8H,(H,19,20). The minimum atomic E-state index is -0.473. The Morgan fingerprint density at radius 1 is 1.20 bits per heavy atom. The maximum atomic E-state index is 12.9. The first kappa shape index (κ1) is 14.5. The molecule has 20 heavy (non-hydrogen) atoms. The van der Waals surface area contributed by atoms with Gasteiger partial charge in [0.05, 0.1) is 16.8 Å². The second-order valence-electron chi connectivity index (χ2n) is 3.88. The van der Waals surface area contributed by atoms with E-state index in [1.54, 1.807) is 18.2 Å². The maximum Gasteiger partial charge on any atom is 0.272 e. The highest BCUT2D eigenvalue weighted by molar-refractivity contribution is 6.36. The van der Waals surface area contributed by atoms with Crippen LogP contribution in [0.2, 0.25) is 10.0 Å². The molecule has 0 atom stereocenters. The quantitative estimate of drug-likeness (QED) is 0.678. The van der Waals surface area contributed by atoms with Gasteiger partial charge in [-0.15, -0.1) is 0 Å². The topological polar surface area (TPSA) is 41.5 Å². The Hall–Kier alpha value is -1.91. The largest absolute Gasteiger partial charge is 0.272 e. The van der Waals surface area contributed by atoms with E-state index >= 15 is 0 Å². The molecule has 0 aliphatic rings. The highest BCUT2D eigenvalue weighted by Gasteiger charge is 2.09. The molecule has 1 N–H and O–H groups in total. The van der Waals surface area contributed by atoms with Crippen LogP contribution in [-0.4, -0.2) is 12.1 Å². The second kappa shape index (κ2) is 6.50. The van der Waals surface area contributed by atoms with Crippen molar-refractivity contribution in [1.82, 2.24) is 5.43 Å². The number of nitrogens with zero attached hydrogens (tertiary/aromatic N) is 1. The Labute approximate surface area is 125 Å². The molecular formula is C14H9Cl2FN2O. The van der Waals surface area contributed by atoms with Crippen molar-refractivity contribution in [3.8, 4) is 0 Å². The molecule has 0 aliphatic carbocycles. The van der Waals surface area contributed by atoms with Crippen molar-refractivity contribution in [3.63, 3.8) is 0 Å². The number of benzene rings is 2. The summed E-state index contributed by atoms with van der Waals surface area (Å²) in [4.78, 5) is 11.8. The van der Waals surface area contributed by atoms with Gasteiger partial charge < -0.3 is 0 Å². The van der Waals surface area contributed by atoms with Gasteiger partial charge >= 0.3 is 0 Å². The van der Waals surface area contributed by atoms with Gasteiger partial charge in [-0.3, -0.25) is 4.79 Å². The fraction of sp³-hybridized carbons (Fsp3) is 0. The van der Waals surface area contributed by atoms with Crippen molar-refractivity contribution in [1.29, 1.82) is 0 Å². The molecular weight excluding hydrogens is 302 g/mol. The van der Waals surface area contributed by atoms with Gasteiger partial charge in [0.2, 0.25) is 0 Å². The molecule has 2 aromatic carbocycles. The molecule has 0 heterocycles. The molecule has 0 aliphatic heterocycles. The zero-order chi connectivity index (χ0) is 14.5. The van der Waals surface area contributed by atoms with Gasteiger partial charge in [0.1, 0.15) is 5.82 Å². The number of hydrogen-bond acceptors (Lipinski definition) is 2. The molecule has 2 aromatic rings. The van der Waals surface area contributed by atoms with E-state index in [4.69, 9.17) is 23.2 Å². The van der Waals surface area contributed by atoms with Crippen LogP contribution in [-0.2, 0) is 0 Å². The SMILES string of the molecule is O=C(NN=Cc1cccc(F)c1)c1ccc(Cl)cc1Cl. The average Bonchev–Trinajstić information content (AvgIpc) is 2.38. The molecule has 0 aromatic heterocycles. The van der Waals surface area contributed by atoms with Crippen LogP contribution in [0.3, 0.4) is 0 Å². The molecule has 6 heteroatoms. The fourth-order valence-corrected chi connectivity index (χ4v) is 1.98. The van der Waals surface area contributed by atoms with Crippen LogP contribution in [0.15, 0.2) is 47.6 Å². The summed E-state index contributed by atoms with van der Waals surface area (Å²) in [5.74, 6) is -0.847. The summed E-state index contributed by atoms with van der Waals surface area (Å²) >= 11 is 11.6. The monoisotopic (exact) mass is 310 g/mol. The van der Waals surface area contributed by atoms with Crippen molar-refractivity contribution < 1.29 is 9.18 Å². The van der Waals surface area contributed by atoms with E-state index in [2.05, 4.69) is 10.5 Å². The normalized spacial score (nSPS) is 10.8. The van der Waals surface area contributed by atoms with Gasteiger partial charge in [0, 0.05) is 5.02 Å². The summed E-state index contributed by atoms with van der Waals surface area (Å²) < 4.78 is 12.9. The number of rotatable bonds is 3. The van der Waals surface area contributed by atoms with Crippen molar-refractivity contribution >= 4 is 35.3 Å². The Kier molecular flexibility index (Phi) is 4.71. The summed E-state index contributed by atoms with van der Waals surface area (Å²) in [6, 6.07) is 10.3. The Balaban J connectivity index is 2.05. The van der Waals surface area contributed by atoms with Crippen molar-refractivity contribution in [3.05, 3.63) is 69.5 Å². The molecule has 0 bridgehead atoms. The molecule has 3 nitrogen and oxygen atoms in total. The van der Waals surface area contributed by atoms with Crippen LogP contribution in [0.25, 0.3) is 0 Å². The first-order valence-electron chi connectivity index (χ1n) is 5.60. The lowest BCUT2D eigenvalue weighted by atomic mass is 10.2. The summed E-state index contributed by atoms with van der Waals surface area (Å²) in [5.41, 5.74) is 3.10. The van der Waals surface area contributed by atoms with E-state index < -0.39 is 5.91 Å². The number of nitrogens with one attached hydrogen (secondary N) is 1. The Morgan fingerprint density at radius 2 is 2.00 bits per heavy atom. The van der Waals surface area contributed by atoms with Crippen LogP contribution in [0.5, 0.6) is 0 Å². The van der Waals surface area contributed by atoms with Gasteiger partial charge in [0.15, 0.2) is 0 Å². The minimum Gasteiger partial charge on any atom is -0.267 e. The zero-order valence-corrected chi connectivity index (χ0v) is 11.6. The van der Waals surface area contributed by atoms with Crippen molar-refractivity contribution in [2.24, 2.45) is 5.10 Å². The van der Waals surface area contributed by atoms with Crippen LogP contribution < -0.4 is 5.43 Å². The number of hydrogen-bond donors (Lipinski definition) is 1.